The molecule has 5 nitrogen and oxygen atoms in total. The van der Waals surface area contributed by atoms with Crippen molar-refractivity contribution in [3.63, 3.8) is 0 Å². The molecule has 0 unspecified atom stereocenters. The van der Waals surface area contributed by atoms with Crippen molar-refractivity contribution in [3.05, 3.63) is 85.2 Å². The number of thiazole rings is 1. The largest absolute Gasteiger partial charge is 0.465 e. The van der Waals surface area contributed by atoms with E-state index in [2.05, 4.69) is 0 Å². The topological polar surface area (TPSA) is 60.7 Å². The Morgan fingerprint density at radius 2 is 1.97 bits per heavy atom. The van der Waals surface area contributed by atoms with Crippen LogP contribution >= 0.6 is 11.3 Å². The van der Waals surface area contributed by atoms with Crippen molar-refractivity contribution >= 4 is 23.2 Å². The van der Waals surface area contributed by atoms with Crippen LogP contribution in [0.3, 0.4) is 0 Å². The summed E-state index contributed by atoms with van der Waals surface area (Å²) in [5, 5.41) is 0. The Morgan fingerprint density at radius 1 is 1.24 bits per heavy atom. The fraction of sp³-hybridized carbons (Fsp3) is 0.227. The summed E-state index contributed by atoms with van der Waals surface area (Å²) in [7, 11) is 0. The number of rotatable bonds is 2. The third-order valence-corrected chi connectivity index (χ3v) is 6.47. The average Bonchev–Trinajstić information content (AvgIpc) is 2.96. The molecule has 2 bridgehead atoms. The second kappa shape index (κ2) is 6.22. The van der Waals surface area contributed by atoms with Gasteiger partial charge in [-0.3, -0.25) is 14.2 Å². The molecule has 3 aromatic rings. The summed E-state index contributed by atoms with van der Waals surface area (Å²) in [6, 6.07) is 12.9. The number of Topliss-reactive ketones (excluding diaryl/α,β-unsaturated/α-hetero) is 1. The molecular weight excluding hydrogens is 391 g/mol. The number of carbonyl (C=O) groups excluding carboxylic acids is 1. The van der Waals surface area contributed by atoms with Gasteiger partial charge in [0.1, 0.15) is 23.3 Å². The van der Waals surface area contributed by atoms with Gasteiger partial charge < -0.3 is 4.74 Å². The summed E-state index contributed by atoms with van der Waals surface area (Å²) in [4.78, 5) is 31.1. The maximum Gasteiger partial charge on any atom is 0.270 e. The first-order valence-electron chi connectivity index (χ1n) is 9.24. The summed E-state index contributed by atoms with van der Waals surface area (Å²) in [6.07, 6.45) is 1.72. The Morgan fingerprint density at radius 3 is 2.69 bits per heavy atom. The van der Waals surface area contributed by atoms with Crippen molar-refractivity contribution in [3.8, 4) is 5.75 Å². The first-order valence-corrected chi connectivity index (χ1v) is 10.1. The number of benzene rings is 2. The first-order chi connectivity index (χ1) is 13.9. The first kappa shape index (κ1) is 18.0. The van der Waals surface area contributed by atoms with Crippen molar-refractivity contribution in [2.45, 2.75) is 25.6 Å². The van der Waals surface area contributed by atoms with E-state index in [0.29, 0.717) is 15.1 Å². The van der Waals surface area contributed by atoms with Crippen molar-refractivity contribution in [2.24, 2.45) is 10.9 Å². The molecule has 2 aliphatic rings. The van der Waals surface area contributed by atoms with Gasteiger partial charge in [-0.15, -0.1) is 0 Å². The van der Waals surface area contributed by atoms with Gasteiger partial charge in [0, 0.05) is 5.56 Å². The van der Waals surface area contributed by atoms with E-state index >= 15 is 0 Å². The normalized spacial score (nSPS) is 24.9. The van der Waals surface area contributed by atoms with E-state index in [0.717, 1.165) is 11.1 Å². The fourth-order valence-electron chi connectivity index (χ4n) is 4.27. The maximum absolute atomic E-state index is 13.3. The third kappa shape index (κ3) is 2.68. The lowest BCUT2D eigenvalue weighted by molar-refractivity contribution is -0.132. The Kier molecular flexibility index (Phi) is 3.86. The van der Waals surface area contributed by atoms with Gasteiger partial charge in [-0.2, -0.15) is 0 Å². The molecule has 29 heavy (non-hydrogen) atoms. The number of ketones is 1. The van der Waals surface area contributed by atoms with E-state index in [9.17, 15) is 14.0 Å². The minimum atomic E-state index is -1.07. The molecule has 0 fully saturated rings. The Balaban J connectivity index is 1.80. The molecule has 0 saturated carbocycles. The van der Waals surface area contributed by atoms with E-state index < -0.39 is 17.7 Å². The van der Waals surface area contributed by atoms with E-state index in [1.165, 1.54) is 30.4 Å². The van der Waals surface area contributed by atoms with Gasteiger partial charge in [0.15, 0.2) is 4.80 Å². The molecule has 7 heteroatoms. The molecule has 5 rings (SSSR count). The van der Waals surface area contributed by atoms with E-state index in [-0.39, 0.29) is 17.2 Å². The van der Waals surface area contributed by atoms with E-state index in [1.54, 1.807) is 29.7 Å². The van der Waals surface area contributed by atoms with Crippen molar-refractivity contribution < 1.29 is 13.9 Å². The highest BCUT2D eigenvalue weighted by molar-refractivity contribution is 7.07. The number of nitrogens with zero attached hydrogens (tertiary/aromatic N) is 2. The van der Waals surface area contributed by atoms with Gasteiger partial charge in [0.2, 0.25) is 5.72 Å². The van der Waals surface area contributed by atoms with Crippen molar-refractivity contribution in [1.82, 2.24) is 4.57 Å². The van der Waals surface area contributed by atoms with Crippen LogP contribution in [0.2, 0.25) is 0 Å². The highest BCUT2D eigenvalue weighted by Gasteiger charge is 2.53. The van der Waals surface area contributed by atoms with Crippen LogP contribution in [0.5, 0.6) is 5.75 Å². The van der Waals surface area contributed by atoms with Crippen LogP contribution in [-0.2, 0) is 4.79 Å². The molecule has 146 valence electrons. The molecule has 3 heterocycles. The lowest BCUT2D eigenvalue weighted by Crippen LogP contribution is -2.58. The number of ether oxygens (including phenoxy) is 1. The van der Waals surface area contributed by atoms with Gasteiger partial charge >= 0.3 is 0 Å². The van der Waals surface area contributed by atoms with Crippen LogP contribution in [0.25, 0.3) is 6.08 Å². The minimum Gasteiger partial charge on any atom is -0.465 e. The second-order valence-corrected chi connectivity index (χ2v) is 8.47. The van der Waals surface area contributed by atoms with E-state index in [4.69, 9.17) is 9.73 Å². The van der Waals surface area contributed by atoms with Crippen LogP contribution < -0.4 is 19.6 Å². The molecule has 0 radical (unpaired) electrons. The number of carbonyl (C=O) groups is 1. The number of hydrogen-bond donors (Lipinski definition) is 0. The molecule has 2 aliphatic heterocycles. The van der Waals surface area contributed by atoms with Crippen molar-refractivity contribution in [1.29, 1.82) is 0 Å². The van der Waals surface area contributed by atoms with Crippen LogP contribution in [0.1, 0.15) is 31.0 Å². The standard InChI is InChI=1S/C22H17FN2O3S/c1-12(26)18-19-15-5-3-4-6-16(15)28-22(18,2)24-21-25(19)20(27)17(29-21)11-13-7-9-14(23)10-8-13/h3-11,18-19H,1-2H3/b17-11-/t18-,19-,22-/m1/s1. The Bertz CT molecular complexity index is 1330. The number of fused-ring (bicyclic) bond motifs is 6. The quantitative estimate of drug-likeness (QED) is 0.654. The zero-order valence-electron chi connectivity index (χ0n) is 15.8. The number of aromatic nitrogens is 1. The molecule has 2 aromatic carbocycles. The summed E-state index contributed by atoms with van der Waals surface area (Å²) >= 11 is 1.25. The predicted molar refractivity (Wildman–Crippen MR) is 107 cm³/mol. The van der Waals surface area contributed by atoms with Crippen molar-refractivity contribution in [2.75, 3.05) is 0 Å². The molecule has 3 atom stereocenters. The highest BCUT2D eigenvalue weighted by atomic mass is 32.1. The van der Waals surface area contributed by atoms with Gasteiger partial charge in [0.05, 0.1) is 10.6 Å². The van der Waals surface area contributed by atoms with Gasteiger partial charge in [0.25, 0.3) is 5.56 Å². The summed E-state index contributed by atoms with van der Waals surface area (Å²) in [6.45, 7) is 3.30. The fourth-order valence-corrected chi connectivity index (χ4v) is 5.37. The van der Waals surface area contributed by atoms with Crippen LogP contribution in [0.15, 0.2) is 58.3 Å². The Labute approximate surface area is 169 Å². The monoisotopic (exact) mass is 408 g/mol. The summed E-state index contributed by atoms with van der Waals surface area (Å²) < 4.78 is 21.4. The average molecular weight is 408 g/mol. The van der Waals surface area contributed by atoms with Gasteiger partial charge in [-0.25, -0.2) is 9.38 Å². The molecular formula is C22H17FN2O3S. The van der Waals surface area contributed by atoms with E-state index in [1.807, 2.05) is 24.3 Å². The van der Waals surface area contributed by atoms with Crippen LogP contribution in [0.4, 0.5) is 4.39 Å². The SMILES string of the molecule is CC(=O)[C@@H]1[C@H]2c3ccccc3O[C@@]1(C)N=c1s/c(=C\c3ccc(F)cc3)c(=O)n12. The number of para-hydroxylation sites is 1. The highest BCUT2D eigenvalue weighted by Crippen LogP contribution is 2.47. The van der Waals surface area contributed by atoms with Gasteiger partial charge in [-0.1, -0.05) is 41.7 Å². The smallest absolute Gasteiger partial charge is 0.270 e. The second-order valence-electron chi connectivity index (χ2n) is 7.46. The Hall–Kier alpha value is -3.06. The van der Waals surface area contributed by atoms with Crippen LogP contribution in [0, 0.1) is 11.7 Å². The molecule has 0 aliphatic carbocycles. The summed E-state index contributed by atoms with van der Waals surface area (Å²) in [5.74, 6) is -0.382. The van der Waals surface area contributed by atoms with Crippen LogP contribution in [-0.4, -0.2) is 16.1 Å². The molecule has 0 spiro atoms. The molecule has 0 N–H and O–H groups in total. The maximum atomic E-state index is 13.3. The summed E-state index contributed by atoms with van der Waals surface area (Å²) in [5.41, 5.74) is 0.231. The zero-order valence-corrected chi connectivity index (χ0v) is 16.6. The number of halogens is 1. The zero-order chi connectivity index (χ0) is 20.3. The lowest BCUT2D eigenvalue weighted by Gasteiger charge is -2.45. The molecule has 0 amide bonds. The minimum absolute atomic E-state index is 0.0800. The predicted octanol–water partition coefficient (Wildman–Crippen LogP) is 2.41. The van der Waals surface area contributed by atoms with Gasteiger partial charge in [-0.05, 0) is 43.7 Å². The molecule has 0 saturated heterocycles. The third-order valence-electron chi connectivity index (χ3n) is 5.49. The lowest BCUT2D eigenvalue weighted by atomic mass is 9.79. The number of hydrogen-bond acceptors (Lipinski definition) is 5. The molecule has 1 aromatic heterocycles.